The molecule has 0 aliphatic carbocycles. The zero-order chi connectivity index (χ0) is 20.8. The van der Waals surface area contributed by atoms with Crippen molar-refractivity contribution in [3.8, 4) is 0 Å². The Labute approximate surface area is 157 Å². The lowest BCUT2D eigenvalue weighted by molar-refractivity contribution is -0.143. The van der Waals surface area contributed by atoms with Crippen LogP contribution in [0.4, 0.5) is 0 Å². The average molecular weight is 370 g/mol. The Kier molecular flexibility index (Phi) is 24.7. The Morgan fingerprint density at radius 2 is 1.54 bits per heavy atom. The van der Waals surface area contributed by atoms with Gasteiger partial charge in [-0.3, -0.25) is 4.79 Å². The molecule has 0 aromatic rings. The maximum absolute atomic E-state index is 10.9. The highest BCUT2D eigenvalue weighted by Crippen LogP contribution is 2.10. The van der Waals surface area contributed by atoms with Crippen molar-refractivity contribution in [2.24, 2.45) is 0 Å². The Bertz CT molecular complexity index is 415. The molecule has 0 saturated carbocycles. The second-order valence-electron chi connectivity index (χ2n) is 4.90. The molecular weight excluding hydrogens is 336 g/mol. The average Bonchev–Trinajstić information content (AvgIpc) is 2.61. The fraction of sp³-hybridized carbons (Fsp3) is 0.550. The first kappa shape index (κ1) is 28.4. The van der Waals surface area contributed by atoms with Gasteiger partial charge in [-0.1, -0.05) is 46.4 Å². The second kappa shape index (κ2) is 22.6. The van der Waals surface area contributed by atoms with Crippen molar-refractivity contribution in [1.29, 1.82) is 0 Å². The summed E-state index contributed by atoms with van der Waals surface area (Å²) in [7, 11) is 0. The molecule has 0 fully saturated rings. The molecule has 6 heteroatoms. The molecule has 150 valence electrons. The number of unbranched alkanes of at least 4 members (excludes halogenated alkanes) is 2. The van der Waals surface area contributed by atoms with Crippen LogP contribution in [0.1, 0.15) is 59.8 Å². The number of carbonyl (C=O) groups is 3. The van der Waals surface area contributed by atoms with E-state index in [4.69, 9.17) is 4.74 Å². The molecule has 1 atom stereocenters. The van der Waals surface area contributed by atoms with Crippen molar-refractivity contribution >= 4 is 17.9 Å². The van der Waals surface area contributed by atoms with Gasteiger partial charge in [0.05, 0.1) is 12.9 Å². The number of carbonyl (C=O) groups excluding carboxylic acids is 3. The molecule has 0 N–H and O–H groups in total. The Hall–Kier alpha value is -2.37. The lowest BCUT2D eigenvalue weighted by Crippen LogP contribution is -2.15. The lowest BCUT2D eigenvalue weighted by atomic mass is 10.1. The largest absolute Gasteiger partial charge is 0.463 e. The first-order valence-corrected chi connectivity index (χ1v) is 8.72. The smallest absolute Gasteiger partial charge is 0.330 e. The van der Waals surface area contributed by atoms with E-state index in [2.05, 4.69) is 36.1 Å². The SMILES string of the molecule is C=CC(=O)OC(CC)CCCCC.C=CC(=O)OCC.C=COC(C)=O. The monoisotopic (exact) mass is 370 g/mol. The molecule has 0 radical (unpaired) electrons. The van der Waals surface area contributed by atoms with Gasteiger partial charge in [0.2, 0.25) is 0 Å². The molecule has 0 bridgehead atoms. The summed E-state index contributed by atoms with van der Waals surface area (Å²) >= 11 is 0. The Morgan fingerprint density at radius 3 is 1.81 bits per heavy atom. The van der Waals surface area contributed by atoms with Crippen molar-refractivity contribution < 1.29 is 28.6 Å². The normalized spacial score (nSPS) is 9.69. The van der Waals surface area contributed by atoms with Gasteiger partial charge in [0, 0.05) is 19.1 Å². The van der Waals surface area contributed by atoms with Crippen LogP contribution >= 0.6 is 0 Å². The molecule has 0 aliphatic rings. The molecule has 0 rings (SSSR count). The summed E-state index contributed by atoms with van der Waals surface area (Å²) in [6, 6.07) is 0. The molecule has 0 aromatic carbocycles. The zero-order valence-corrected chi connectivity index (χ0v) is 16.6. The van der Waals surface area contributed by atoms with Gasteiger partial charge in [-0.2, -0.15) is 0 Å². The molecule has 6 nitrogen and oxygen atoms in total. The third kappa shape index (κ3) is 26.5. The molecule has 26 heavy (non-hydrogen) atoms. The third-order valence-corrected chi connectivity index (χ3v) is 2.74. The minimum Gasteiger partial charge on any atom is -0.463 e. The highest BCUT2D eigenvalue weighted by molar-refractivity contribution is 5.81. The molecule has 1 unspecified atom stereocenters. The number of ether oxygens (including phenoxy) is 3. The first-order chi connectivity index (χ1) is 12.3. The van der Waals surface area contributed by atoms with Crippen molar-refractivity contribution in [2.75, 3.05) is 6.61 Å². The molecular formula is C20H34O6. The van der Waals surface area contributed by atoms with Crippen LogP contribution in [0.25, 0.3) is 0 Å². The van der Waals surface area contributed by atoms with Gasteiger partial charge in [0.1, 0.15) is 6.10 Å². The van der Waals surface area contributed by atoms with Gasteiger partial charge in [-0.25, -0.2) is 9.59 Å². The van der Waals surface area contributed by atoms with Gasteiger partial charge >= 0.3 is 17.9 Å². The number of hydrogen-bond donors (Lipinski definition) is 0. The maximum atomic E-state index is 10.9. The van der Waals surface area contributed by atoms with Crippen LogP contribution in [0.5, 0.6) is 0 Å². The predicted molar refractivity (Wildman–Crippen MR) is 103 cm³/mol. The summed E-state index contributed by atoms with van der Waals surface area (Å²) in [6.07, 6.45) is 8.96. The standard InChI is InChI=1S/C11H20O2.C5H8O2.C4H6O2/c1-4-7-8-9-10(5-2)13-11(12)6-3;1-3-5(6)7-4-2;1-3-6-4(2)5/h6,10H,3-5,7-9H2,1-2H3;3H,1,4H2,2H3;3H,1H2,2H3. The van der Waals surface area contributed by atoms with E-state index in [-0.39, 0.29) is 24.0 Å². The number of hydrogen-bond acceptors (Lipinski definition) is 6. The van der Waals surface area contributed by atoms with Crippen LogP contribution in [-0.2, 0) is 28.6 Å². The van der Waals surface area contributed by atoms with Gasteiger partial charge < -0.3 is 14.2 Å². The van der Waals surface area contributed by atoms with Crippen LogP contribution < -0.4 is 0 Å². The third-order valence-electron chi connectivity index (χ3n) is 2.74. The topological polar surface area (TPSA) is 78.9 Å². The first-order valence-electron chi connectivity index (χ1n) is 8.72. The van der Waals surface area contributed by atoms with E-state index >= 15 is 0 Å². The summed E-state index contributed by atoms with van der Waals surface area (Å²) in [4.78, 5) is 30.7. The summed E-state index contributed by atoms with van der Waals surface area (Å²) in [6.45, 7) is 17.4. The summed E-state index contributed by atoms with van der Waals surface area (Å²) < 4.78 is 13.7. The Balaban J connectivity index is -0.000000342. The quantitative estimate of drug-likeness (QED) is 0.185. The van der Waals surface area contributed by atoms with E-state index in [1.807, 2.05) is 6.92 Å². The predicted octanol–water partition coefficient (Wildman–Crippen LogP) is 4.50. The Morgan fingerprint density at radius 1 is 0.962 bits per heavy atom. The molecule has 0 amide bonds. The molecule has 0 spiro atoms. The molecule has 0 aromatic heterocycles. The van der Waals surface area contributed by atoms with Crippen molar-refractivity contribution in [1.82, 2.24) is 0 Å². The van der Waals surface area contributed by atoms with E-state index in [9.17, 15) is 14.4 Å². The van der Waals surface area contributed by atoms with Gasteiger partial charge in [-0.05, 0) is 26.2 Å². The van der Waals surface area contributed by atoms with E-state index in [0.29, 0.717) is 6.61 Å². The second-order valence-corrected chi connectivity index (χ2v) is 4.90. The summed E-state index contributed by atoms with van der Waals surface area (Å²) in [5.74, 6) is -0.990. The van der Waals surface area contributed by atoms with Crippen molar-refractivity contribution in [3.63, 3.8) is 0 Å². The van der Waals surface area contributed by atoms with Crippen LogP contribution in [0, 0.1) is 0 Å². The zero-order valence-electron chi connectivity index (χ0n) is 16.6. The minimum atomic E-state index is -0.359. The van der Waals surface area contributed by atoms with Crippen molar-refractivity contribution in [3.05, 3.63) is 38.2 Å². The van der Waals surface area contributed by atoms with Crippen LogP contribution in [0.3, 0.4) is 0 Å². The van der Waals surface area contributed by atoms with Crippen LogP contribution in [-0.4, -0.2) is 30.6 Å². The number of rotatable bonds is 10. The molecule has 0 saturated heterocycles. The molecule has 0 heterocycles. The van der Waals surface area contributed by atoms with Crippen molar-refractivity contribution in [2.45, 2.75) is 65.9 Å². The minimum absolute atomic E-state index is 0.0806. The van der Waals surface area contributed by atoms with Gasteiger partial charge in [-0.15, -0.1) is 0 Å². The van der Waals surface area contributed by atoms with E-state index in [1.165, 1.54) is 25.8 Å². The highest BCUT2D eigenvalue weighted by atomic mass is 16.5. The van der Waals surface area contributed by atoms with Crippen LogP contribution in [0.15, 0.2) is 38.2 Å². The van der Waals surface area contributed by atoms with Gasteiger partial charge in [0.25, 0.3) is 0 Å². The highest BCUT2D eigenvalue weighted by Gasteiger charge is 2.08. The molecule has 0 aliphatic heterocycles. The fourth-order valence-electron chi connectivity index (χ4n) is 1.50. The lowest BCUT2D eigenvalue weighted by Gasteiger charge is -2.14. The number of esters is 3. The van der Waals surface area contributed by atoms with E-state index in [1.54, 1.807) is 6.92 Å². The van der Waals surface area contributed by atoms with Crippen LogP contribution in [0.2, 0.25) is 0 Å². The van der Waals surface area contributed by atoms with E-state index in [0.717, 1.165) is 31.6 Å². The maximum Gasteiger partial charge on any atom is 0.330 e. The fourth-order valence-corrected chi connectivity index (χ4v) is 1.50. The summed E-state index contributed by atoms with van der Waals surface area (Å²) in [5, 5.41) is 0. The van der Waals surface area contributed by atoms with Gasteiger partial charge in [0.15, 0.2) is 0 Å². The summed E-state index contributed by atoms with van der Waals surface area (Å²) in [5.41, 5.74) is 0. The van der Waals surface area contributed by atoms with E-state index < -0.39 is 0 Å².